The standard InChI is InChI=1S/C10H15NO2/c1-8-4-6-10(2,7-5-8)11-9(12)13-3/h4-6H,7H2,1-3H3,(H,11,12). The number of rotatable bonds is 1. The average molecular weight is 181 g/mol. The van der Waals surface area contributed by atoms with Gasteiger partial charge >= 0.3 is 6.09 Å². The summed E-state index contributed by atoms with van der Waals surface area (Å²) in [5.74, 6) is 0. The van der Waals surface area contributed by atoms with Crippen molar-refractivity contribution in [1.82, 2.24) is 5.32 Å². The van der Waals surface area contributed by atoms with E-state index in [1.54, 1.807) is 0 Å². The molecule has 3 nitrogen and oxygen atoms in total. The molecule has 0 aliphatic heterocycles. The van der Waals surface area contributed by atoms with Gasteiger partial charge in [-0.1, -0.05) is 23.8 Å². The third-order valence-electron chi connectivity index (χ3n) is 2.14. The molecule has 0 aromatic carbocycles. The first-order valence-corrected chi connectivity index (χ1v) is 4.28. The van der Waals surface area contributed by atoms with E-state index in [-0.39, 0.29) is 11.6 Å². The lowest BCUT2D eigenvalue weighted by Crippen LogP contribution is -2.44. The number of carbonyl (C=O) groups excluding carboxylic acids is 1. The normalized spacial score (nSPS) is 26.5. The fourth-order valence-electron chi connectivity index (χ4n) is 1.20. The molecule has 1 aliphatic rings. The first-order chi connectivity index (χ1) is 6.06. The first kappa shape index (κ1) is 9.84. The Morgan fingerprint density at radius 1 is 1.69 bits per heavy atom. The third-order valence-corrected chi connectivity index (χ3v) is 2.14. The van der Waals surface area contributed by atoms with Crippen LogP contribution in [-0.4, -0.2) is 18.7 Å². The lowest BCUT2D eigenvalue weighted by Gasteiger charge is -2.27. The summed E-state index contributed by atoms with van der Waals surface area (Å²) in [6, 6.07) is 0. The summed E-state index contributed by atoms with van der Waals surface area (Å²) >= 11 is 0. The SMILES string of the molecule is COC(=O)NC1(C)C=CC(C)=CC1. The molecule has 0 aromatic rings. The Bertz CT molecular complexity index is 268. The Morgan fingerprint density at radius 2 is 2.38 bits per heavy atom. The van der Waals surface area contributed by atoms with Crippen LogP contribution < -0.4 is 5.32 Å². The quantitative estimate of drug-likeness (QED) is 0.672. The molecular formula is C10H15NO2. The van der Waals surface area contributed by atoms with Gasteiger partial charge in [0.15, 0.2) is 0 Å². The highest BCUT2D eigenvalue weighted by Gasteiger charge is 2.24. The van der Waals surface area contributed by atoms with Gasteiger partial charge in [0.25, 0.3) is 0 Å². The molecule has 1 N–H and O–H groups in total. The molecular weight excluding hydrogens is 166 g/mol. The van der Waals surface area contributed by atoms with Gasteiger partial charge in [0.2, 0.25) is 0 Å². The molecule has 0 saturated heterocycles. The molecule has 1 unspecified atom stereocenters. The van der Waals surface area contributed by atoms with Crippen LogP contribution >= 0.6 is 0 Å². The minimum atomic E-state index is -0.389. The zero-order valence-electron chi connectivity index (χ0n) is 8.26. The molecule has 0 saturated carbocycles. The van der Waals surface area contributed by atoms with E-state index in [0.29, 0.717) is 0 Å². The van der Waals surface area contributed by atoms with E-state index in [0.717, 1.165) is 6.42 Å². The molecule has 3 heteroatoms. The summed E-state index contributed by atoms with van der Waals surface area (Å²) in [4.78, 5) is 11.0. The number of nitrogens with one attached hydrogen (secondary N) is 1. The van der Waals surface area contributed by atoms with Gasteiger partial charge in [0, 0.05) is 0 Å². The second-order valence-electron chi connectivity index (χ2n) is 3.52. The number of allylic oxidation sites excluding steroid dienone is 2. The van der Waals surface area contributed by atoms with Crippen molar-refractivity contribution in [2.24, 2.45) is 0 Å². The van der Waals surface area contributed by atoms with E-state index in [9.17, 15) is 4.79 Å². The minimum Gasteiger partial charge on any atom is -0.453 e. The molecule has 0 radical (unpaired) electrons. The molecule has 1 atom stereocenters. The largest absolute Gasteiger partial charge is 0.453 e. The van der Waals surface area contributed by atoms with E-state index in [2.05, 4.69) is 16.1 Å². The van der Waals surface area contributed by atoms with E-state index < -0.39 is 0 Å². The van der Waals surface area contributed by atoms with Crippen LogP contribution in [0.15, 0.2) is 23.8 Å². The second kappa shape index (κ2) is 3.64. The predicted octanol–water partition coefficient (Wildman–Crippen LogP) is 2.01. The molecule has 0 heterocycles. The summed E-state index contributed by atoms with van der Waals surface area (Å²) in [5.41, 5.74) is 0.927. The lowest BCUT2D eigenvalue weighted by molar-refractivity contribution is 0.162. The van der Waals surface area contributed by atoms with Crippen LogP contribution in [0.3, 0.4) is 0 Å². The predicted molar refractivity (Wildman–Crippen MR) is 51.5 cm³/mol. The van der Waals surface area contributed by atoms with Crippen LogP contribution in [0.4, 0.5) is 4.79 Å². The minimum absolute atomic E-state index is 0.299. The van der Waals surface area contributed by atoms with Crippen LogP contribution in [0.25, 0.3) is 0 Å². The highest BCUT2D eigenvalue weighted by molar-refractivity contribution is 5.68. The number of carbonyl (C=O) groups is 1. The van der Waals surface area contributed by atoms with Gasteiger partial charge in [-0.25, -0.2) is 4.79 Å². The van der Waals surface area contributed by atoms with E-state index in [1.807, 2.05) is 26.0 Å². The zero-order chi connectivity index (χ0) is 9.90. The van der Waals surface area contributed by atoms with Crippen molar-refractivity contribution in [3.05, 3.63) is 23.8 Å². The molecule has 72 valence electrons. The highest BCUT2D eigenvalue weighted by Crippen LogP contribution is 2.20. The molecule has 13 heavy (non-hydrogen) atoms. The fraction of sp³-hybridized carbons (Fsp3) is 0.500. The van der Waals surface area contributed by atoms with Crippen molar-refractivity contribution >= 4 is 6.09 Å². The van der Waals surface area contributed by atoms with Crippen LogP contribution in [-0.2, 0) is 4.74 Å². The summed E-state index contributed by atoms with van der Waals surface area (Å²) < 4.78 is 4.54. The lowest BCUT2D eigenvalue weighted by atomic mass is 9.91. The maximum Gasteiger partial charge on any atom is 0.407 e. The van der Waals surface area contributed by atoms with Gasteiger partial charge in [0.05, 0.1) is 12.6 Å². The number of ether oxygens (including phenoxy) is 1. The van der Waals surface area contributed by atoms with Crippen molar-refractivity contribution in [3.63, 3.8) is 0 Å². The summed E-state index contributed by atoms with van der Waals surface area (Å²) in [6.45, 7) is 4.00. The number of hydrogen-bond acceptors (Lipinski definition) is 2. The molecule has 1 rings (SSSR count). The molecule has 0 bridgehead atoms. The summed E-state index contributed by atoms with van der Waals surface area (Å²) in [7, 11) is 1.37. The maximum absolute atomic E-state index is 11.0. The number of amides is 1. The van der Waals surface area contributed by atoms with Gasteiger partial charge in [-0.3, -0.25) is 0 Å². The van der Waals surface area contributed by atoms with Crippen molar-refractivity contribution in [2.45, 2.75) is 25.8 Å². The highest BCUT2D eigenvalue weighted by atomic mass is 16.5. The van der Waals surface area contributed by atoms with E-state index >= 15 is 0 Å². The van der Waals surface area contributed by atoms with Crippen molar-refractivity contribution in [3.8, 4) is 0 Å². The van der Waals surface area contributed by atoms with Crippen LogP contribution in [0.2, 0.25) is 0 Å². The number of hydrogen-bond donors (Lipinski definition) is 1. The second-order valence-corrected chi connectivity index (χ2v) is 3.52. The van der Waals surface area contributed by atoms with Crippen molar-refractivity contribution in [2.75, 3.05) is 7.11 Å². The molecule has 1 amide bonds. The molecule has 0 spiro atoms. The Hall–Kier alpha value is -1.25. The smallest absolute Gasteiger partial charge is 0.407 e. The van der Waals surface area contributed by atoms with Crippen LogP contribution in [0, 0.1) is 0 Å². The number of methoxy groups -OCH3 is 1. The van der Waals surface area contributed by atoms with Gasteiger partial charge < -0.3 is 10.1 Å². The van der Waals surface area contributed by atoms with Crippen LogP contribution in [0.1, 0.15) is 20.3 Å². The van der Waals surface area contributed by atoms with Gasteiger partial charge in [-0.05, 0) is 20.3 Å². The van der Waals surface area contributed by atoms with Gasteiger partial charge in [0.1, 0.15) is 0 Å². The Morgan fingerprint density at radius 3 is 2.85 bits per heavy atom. The van der Waals surface area contributed by atoms with Gasteiger partial charge in [-0.15, -0.1) is 0 Å². The summed E-state index contributed by atoms with van der Waals surface area (Å²) in [6.07, 6.45) is 6.50. The molecule has 0 fully saturated rings. The number of alkyl carbamates (subject to hydrolysis) is 1. The van der Waals surface area contributed by atoms with Crippen LogP contribution in [0.5, 0.6) is 0 Å². The summed E-state index contributed by atoms with van der Waals surface area (Å²) in [5, 5.41) is 2.77. The Balaban J connectivity index is 2.60. The Kier molecular flexibility index (Phi) is 2.76. The van der Waals surface area contributed by atoms with Crippen molar-refractivity contribution in [1.29, 1.82) is 0 Å². The first-order valence-electron chi connectivity index (χ1n) is 4.28. The maximum atomic E-state index is 11.0. The molecule has 1 aliphatic carbocycles. The van der Waals surface area contributed by atoms with Crippen molar-refractivity contribution < 1.29 is 9.53 Å². The molecule has 0 aromatic heterocycles. The van der Waals surface area contributed by atoms with E-state index in [4.69, 9.17) is 0 Å². The van der Waals surface area contributed by atoms with E-state index in [1.165, 1.54) is 12.7 Å². The van der Waals surface area contributed by atoms with Gasteiger partial charge in [-0.2, -0.15) is 0 Å². The topological polar surface area (TPSA) is 38.3 Å². The fourth-order valence-corrected chi connectivity index (χ4v) is 1.20. The monoisotopic (exact) mass is 181 g/mol. The third kappa shape index (κ3) is 2.61. The zero-order valence-corrected chi connectivity index (χ0v) is 8.26. The Labute approximate surface area is 78.5 Å². The average Bonchev–Trinajstić information content (AvgIpc) is 2.10.